The second-order valence-corrected chi connectivity index (χ2v) is 12.2. The predicted molar refractivity (Wildman–Crippen MR) is 150 cm³/mol. The van der Waals surface area contributed by atoms with Crippen molar-refractivity contribution in [2.24, 2.45) is 17.8 Å². The van der Waals surface area contributed by atoms with Crippen molar-refractivity contribution in [3.8, 4) is 5.75 Å². The average Bonchev–Trinajstić information content (AvgIpc) is 2.95. The van der Waals surface area contributed by atoms with Crippen molar-refractivity contribution in [2.75, 3.05) is 19.8 Å². The summed E-state index contributed by atoms with van der Waals surface area (Å²) in [6.45, 7) is 6.32. The molecule has 0 saturated heterocycles. The maximum Gasteiger partial charge on any atom is 0.333 e. The molecule has 0 aromatic heterocycles. The molecule has 3 aliphatic carbocycles. The fourth-order valence-corrected chi connectivity index (χ4v) is 7.34. The molecule has 0 heterocycles. The van der Waals surface area contributed by atoms with E-state index in [-0.39, 0.29) is 12.6 Å². The van der Waals surface area contributed by atoms with E-state index in [4.69, 9.17) is 14.6 Å². The number of carbonyl (C=O) groups excluding carboxylic acids is 1. The number of hydrogen-bond acceptors (Lipinski definition) is 4. The highest BCUT2D eigenvalue weighted by Crippen LogP contribution is 2.46. The Balaban J connectivity index is 1.35. The molecule has 0 amide bonds. The van der Waals surface area contributed by atoms with Crippen molar-refractivity contribution in [2.45, 2.75) is 115 Å². The van der Waals surface area contributed by atoms with Crippen LogP contribution in [0, 0.1) is 17.8 Å². The molecule has 4 nitrogen and oxygen atoms in total. The van der Waals surface area contributed by atoms with Gasteiger partial charge in [-0.2, -0.15) is 0 Å². The van der Waals surface area contributed by atoms with Crippen LogP contribution in [-0.2, 0) is 9.53 Å². The summed E-state index contributed by atoms with van der Waals surface area (Å²) in [6, 6.07) is 7.04. The number of esters is 1. The zero-order chi connectivity index (χ0) is 26.0. The third-order valence-electron chi connectivity index (χ3n) is 9.58. The Morgan fingerprint density at radius 1 is 0.892 bits per heavy atom. The van der Waals surface area contributed by atoms with Crippen molar-refractivity contribution in [1.29, 1.82) is 0 Å². The van der Waals surface area contributed by atoms with E-state index in [0.29, 0.717) is 30.6 Å². The van der Waals surface area contributed by atoms with Gasteiger partial charge < -0.3 is 14.6 Å². The van der Waals surface area contributed by atoms with Crippen molar-refractivity contribution in [3.63, 3.8) is 0 Å². The Morgan fingerprint density at radius 2 is 1.57 bits per heavy atom. The molecule has 37 heavy (non-hydrogen) atoms. The van der Waals surface area contributed by atoms with Gasteiger partial charge in [-0.1, -0.05) is 50.8 Å². The molecular formula is C33H50O4. The van der Waals surface area contributed by atoms with E-state index in [1.54, 1.807) is 6.92 Å². The molecule has 3 aliphatic rings. The zero-order valence-corrected chi connectivity index (χ0v) is 23.2. The second kappa shape index (κ2) is 14.4. The van der Waals surface area contributed by atoms with E-state index >= 15 is 0 Å². The normalized spacial score (nSPS) is 27.0. The molecule has 1 aromatic carbocycles. The summed E-state index contributed by atoms with van der Waals surface area (Å²) < 4.78 is 11.6. The Morgan fingerprint density at radius 3 is 2.22 bits per heavy atom. The van der Waals surface area contributed by atoms with Gasteiger partial charge in [0.1, 0.15) is 19.0 Å². The summed E-state index contributed by atoms with van der Waals surface area (Å²) in [4.78, 5) is 11.8. The van der Waals surface area contributed by atoms with E-state index in [1.807, 2.05) is 0 Å². The van der Waals surface area contributed by atoms with Gasteiger partial charge in [0.25, 0.3) is 0 Å². The van der Waals surface area contributed by atoms with Crippen molar-refractivity contribution >= 4 is 5.97 Å². The summed E-state index contributed by atoms with van der Waals surface area (Å²) in [5.74, 6) is 4.50. The SMILES string of the molecule is C=C(C)C(=O)OCCOc1cc(C2CCCCC2)ccc1C1CCC(C2CCC(CCCO)CC2)CC1. The number of aliphatic hydroxyl groups is 1. The lowest BCUT2D eigenvalue weighted by molar-refractivity contribution is -0.139. The smallest absolute Gasteiger partial charge is 0.333 e. The summed E-state index contributed by atoms with van der Waals surface area (Å²) >= 11 is 0. The third-order valence-corrected chi connectivity index (χ3v) is 9.58. The minimum atomic E-state index is -0.347. The van der Waals surface area contributed by atoms with Crippen LogP contribution in [0.2, 0.25) is 0 Å². The van der Waals surface area contributed by atoms with Crippen molar-refractivity contribution in [1.82, 2.24) is 0 Å². The molecule has 0 bridgehead atoms. The van der Waals surface area contributed by atoms with Crippen LogP contribution in [0.5, 0.6) is 5.75 Å². The minimum Gasteiger partial charge on any atom is -0.490 e. The van der Waals surface area contributed by atoms with Crippen LogP contribution in [0.1, 0.15) is 126 Å². The van der Waals surface area contributed by atoms with E-state index in [9.17, 15) is 4.79 Å². The first kappa shape index (κ1) is 28.2. The Labute approximate surface area is 225 Å². The van der Waals surface area contributed by atoms with Crippen LogP contribution < -0.4 is 4.74 Å². The fourth-order valence-electron chi connectivity index (χ4n) is 7.34. The Hall–Kier alpha value is -1.81. The molecule has 1 aromatic rings. The van der Waals surface area contributed by atoms with Crippen molar-refractivity contribution < 1.29 is 19.4 Å². The number of rotatable bonds is 11. The van der Waals surface area contributed by atoms with E-state index in [1.165, 1.54) is 101 Å². The van der Waals surface area contributed by atoms with Crippen LogP contribution in [-0.4, -0.2) is 30.9 Å². The third kappa shape index (κ3) is 8.09. The first-order chi connectivity index (χ1) is 18.0. The van der Waals surface area contributed by atoms with Crippen molar-refractivity contribution in [3.05, 3.63) is 41.5 Å². The van der Waals surface area contributed by atoms with E-state index in [0.717, 1.165) is 29.9 Å². The van der Waals surface area contributed by atoms with Gasteiger partial charge in [-0.15, -0.1) is 0 Å². The molecule has 3 fully saturated rings. The summed E-state index contributed by atoms with van der Waals surface area (Å²) in [5.41, 5.74) is 3.20. The van der Waals surface area contributed by atoms with Gasteiger partial charge in [0, 0.05) is 12.2 Å². The molecule has 0 aliphatic heterocycles. The van der Waals surface area contributed by atoms with Gasteiger partial charge in [-0.05, 0) is 118 Å². The molecule has 0 radical (unpaired) electrons. The van der Waals surface area contributed by atoms with Crippen LogP contribution in [0.25, 0.3) is 0 Å². The standard InChI is InChI=1S/C33H50O4/c1-24(2)33(35)37-22-21-36-32-23-30(26-8-4-3-5-9-26)18-19-31(32)29-16-14-28(15-17-29)27-12-10-25(11-13-27)7-6-20-34/h18-19,23,25-29,34H,1,3-17,20-22H2,2H3. The highest BCUT2D eigenvalue weighted by atomic mass is 16.6. The number of aliphatic hydroxyl groups excluding tert-OH is 1. The van der Waals surface area contributed by atoms with E-state index < -0.39 is 0 Å². The topological polar surface area (TPSA) is 55.8 Å². The lowest BCUT2D eigenvalue weighted by Gasteiger charge is -2.38. The largest absolute Gasteiger partial charge is 0.490 e. The molecular weight excluding hydrogens is 460 g/mol. The molecule has 0 atom stereocenters. The molecule has 3 saturated carbocycles. The van der Waals surface area contributed by atoms with E-state index in [2.05, 4.69) is 24.8 Å². The summed E-state index contributed by atoms with van der Waals surface area (Å²) in [6.07, 6.45) is 19.4. The second-order valence-electron chi connectivity index (χ2n) is 12.2. The number of hydrogen-bond donors (Lipinski definition) is 1. The number of carbonyl (C=O) groups is 1. The van der Waals surface area contributed by atoms with Crippen LogP contribution >= 0.6 is 0 Å². The number of benzene rings is 1. The first-order valence-corrected chi connectivity index (χ1v) is 15.2. The summed E-state index contributed by atoms with van der Waals surface area (Å²) in [5, 5.41) is 9.14. The molecule has 4 rings (SSSR count). The van der Waals surface area contributed by atoms with Gasteiger partial charge in [0.05, 0.1) is 0 Å². The zero-order valence-electron chi connectivity index (χ0n) is 23.2. The lowest BCUT2D eigenvalue weighted by atomic mass is 9.68. The van der Waals surface area contributed by atoms with Gasteiger partial charge >= 0.3 is 5.97 Å². The highest BCUT2D eigenvalue weighted by molar-refractivity contribution is 5.86. The molecule has 0 unspecified atom stereocenters. The molecule has 206 valence electrons. The maximum atomic E-state index is 11.8. The predicted octanol–water partition coefficient (Wildman–Crippen LogP) is 8.09. The summed E-state index contributed by atoms with van der Waals surface area (Å²) in [7, 11) is 0. The monoisotopic (exact) mass is 510 g/mol. The van der Waals surface area contributed by atoms with Crippen LogP contribution in [0.3, 0.4) is 0 Å². The van der Waals surface area contributed by atoms with Crippen LogP contribution in [0.15, 0.2) is 30.4 Å². The molecule has 1 N–H and O–H groups in total. The van der Waals surface area contributed by atoms with Gasteiger partial charge in [-0.25, -0.2) is 4.79 Å². The Bertz CT molecular complexity index is 855. The first-order valence-electron chi connectivity index (χ1n) is 15.2. The Kier molecular flexibility index (Phi) is 11.0. The van der Waals surface area contributed by atoms with Gasteiger partial charge in [0.2, 0.25) is 0 Å². The van der Waals surface area contributed by atoms with Crippen LogP contribution in [0.4, 0.5) is 0 Å². The van der Waals surface area contributed by atoms with Gasteiger partial charge in [-0.3, -0.25) is 0 Å². The maximum absolute atomic E-state index is 11.8. The highest BCUT2D eigenvalue weighted by Gasteiger charge is 2.32. The number of ether oxygens (including phenoxy) is 2. The fraction of sp³-hybridized carbons (Fsp3) is 0.727. The minimum absolute atomic E-state index is 0.256. The quantitative estimate of drug-likeness (QED) is 0.186. The lowest BCUT2D eigenvalue weighted by Crippen LogP contribution is -2.25. The van der Waals surface area contributed by atoms with Gasteiger partial charge in [0.15, 0.2) is 0 Å². The molecule has 0 spiro atoms. The molecule has 4 heteroatoms. The average molecular weight is 511 g/mol.